The molecule has 0 bridgehead atoms. The highest BCUT2D eigenvalue weighted by Crippen LogP contribution is 2.19. The predicted octanol–water partition coefficient (Wildman–Crippen LogP) is 1.09. The summed E-state index contributed by atoms with van der Waals surface area (Å²) >= 11 is 0. The van der Waals surface area contributed by atoms with Gasteiger partial charge < -0.3 is 11.5 Å². The number of primary amides is 1. The van der Waals surface area contributed by atoms with Gasteiger partial charge in [-0.1, -0.05) is 6.92 Å². The van der Waals surface area contributed by atoms with Crippen molar-refractivity contribution in [2.75, 3.05) is 13.1 Å². The summed E-state index contributed by atoms with van der Waals surface area (Å²) in [6, 6.07) is 4.47. The van der Waals surface area contributed by atoms with Crippen molar-refractivity contribution >= 4 is 5.91 Å². The second-order valence-corrected chi connectivity index (χ2v) is 5.34. The Morgan fingerprint density at radius 3 is 2.89 bits per heavy atom. The van der Waals surface area contributed by atoms with Crippen molar-refractivity contribution in [3.05, 3.63) is 35.1 Å². The lowest BCUT2D eigenvalue weighted by Gasteiger charge is -2.35. The van der Waals surface area contributed by atoms with Crippen LogP contribution in [0.25, 0.3) is 0 Å². The van der Waals surface area contributed by atoms with Crippen LogP contribution in [0.1, 0.15) is 29.3 Å². The SMILES string of the molecule is CC1CN(Cc2cc(C(N)=O)ccc2F)CCC1N. The van der Waals surface area contributed by atoms with Gasteiger partial charge in [-0.25, -0.2) is 4.39 Å². The van der Waals surface area contributed by atoms with Crippen molar-refractivity contribution in [2.24, 2.45) is 17.4 Å². The fourth-order valence-corrected chi connectivity index (χ4v) is 2.48. The molecule has 1 aliphatic heterocycles. The van der Waals surface area contributed by atoms with Gasteiger partial charge in [0.1, 0.15) is 5.82 Å². The molecule has 1 heterocycles. The molecule has 19 heavy (non-hydrogen) atoms. The quantitative estimate of drug-likeness (QED) is 0.859. The van der Waals surface area contributed by atoms with E-state index in [0.717, 1.165) is 19.5 Å². The Bertz CT molecular complexity index is 478. The number of likely N-dealkylation sites (tertiary alicyclic amines) is 1. The Morgan fingerprint density at radius 1 is 1.53 bits per heavy atom. The van der Waals surface area contributed by atoms with Gasteiger partial charge in [0.25, 0.3) is 0 Å². The molecule has 1 fully saturated rings. The molecule has 0 saturated carbocycles. The van der Waals surface area contributed by atoms with E-state index in [4.69, 9.17) is 11.5 Å². The lowest BCUT2D eigenvalue weighted by Crippen LogP contribution is -2.45. The number of carbonyl (C=O) groups is 1. The molecule has 2 rings (SSSR count). The molecule has 2 atom stereocenters. The van der Waals surface area contributed by atoms with E-state index < -0.39 is 5.91 Å². The summed E-state index contributed by atoms with van der Waals surface area (Å²) in [7, 11) is 0. The number of hydrogen-bond acceptors (Lipinski definition) is 3. The smallest absolute Gasteiger partial charge is 0.248 e. The summed E-state index contributed by atoms with van der Waals surface area (Å²) in [5.41, 5.74) is 12.0. The van der Waals surface area contributed by atoms with Crippen LogP contribution in [0, 0.1) is 11.7 Å². The van der Waals surface area contributed by atoms with Gasteiger partial charge in [-0.05, 0) is 37.1 Å². The maximum absolute atomic E-state index is 13.8. The lowest BCUT2D eigenvalue weighted by atomic mass is 9.94. The van der Waals surface area contributed by atoms with E-state index in [2.05, 4.69) is 11.8 Å². The summed E-state index contributed by atoms with van der Waals surface area (Å²) in [6.45, 7) is 4.30. The maximum atomic E-state index is 13.8. The van der Waals surface area contributed by atoms with Crippen LogP contribution in [-0.4, -0.2) is 29.9 Å². The monoisotopic (exact) mass is 265 g/mol. The molecular weight excluding hydrogens is 245 g/mol. The number of amides is 1. The topological polar surface area (TPSA) is 72.3 Å². The largest absolute Gasteiger partial charge is 0.366 e. The van der Waals surface area contributed by atoms with Gasteiger partial charge in [-0.3, -0.25) is 9.69 Å². The molecule has 0 radical (unpaired) electrons. The molecule has 0 aliphatic carbocycles. The molecule has 1 amide bonds. The molecule has 1 aliphatic rings. The molecule has 1 aromatic carbocycles. The number of piperidine rings is 1. The third-order valence-electron chi connectivity index (χ3n) is 3.78. The number of halogens is 1. The van der Waals surface area contributed by atoms with E-state index in [1.54, 1.807) is 0 Å². The maximum Gasteiger partial charge on any atom is 0.248 e. The third-order valence-corrected chi connectivity index (χ3v) is 3.78. The van der Waals surface area contributed by atoms with E-state index in [-0.39, 0.29) is 11.9 Å². The predicted molar refractivity (Wildman–Crippen MR) is 72.0 cm³/mol. The Balaban J connectivity index is 2.10. The molecule has 1 aromatic rings. The van der Waals surface area contributed by atoms with Gasteiger partial charge in [0.05, 0.1) is 0 Å². The summed E-state index contributed by atoms with van der Waals surface area (Å²) in [5, 5.41) is 0. The normalized spacial score (nSPS) is 24.4. The minimum atomic E-state index is -0.532. The van der Waals surface area contributed by atoms with E-state index in [1.807, 2.05) is 0 Å². The highest BCUT2D eigenvalue weighted by molar-refractivity contribution is 5.92. The zero-order valence-electron chi connectivity index (χ0n) is 11.1. The fourth-order valence-electron chi connectivity index (χ4n) is 2.48. The molecule has 2 unspecified atom stereocenters. The number of rotatable bonds is 3. The molecule has 0 spiro atoms. The average Bonchev–Trinajstić information content (AvgIpc) is 2.36. The van der Waals surface area contributed by atoms with Crippen LogP contribution in [-0.2, 0) is 6.54 Å². The van der Waals surface area contributed by atoms with Gasteiger partial charge in [0.15, 0.2) is 0 Å². The number of benzene rings is 1. The molecule has 4 nitrogen and oxygen atoms in total. The minimum absolute atomic E-state index is 0.220. The molecule has 4 N–H and O–H groups in total. The van der Waals surface area contributed by atoms with Gasteiger partial charge in [0.2, 0.25) is 5.91 Å². The van der Waals surface area contributed by atoms with Crippen molar-refractivity contribution in [3.63, 3.8) is 0 Å². The van der Waals surface area contributed by atoms with Crippen LogP contribution < -0.4 is 11.5 Å². The number of nitrogens with zero attached hydrogens (tertiary/aromatic N) is 1. The van der Waals surface area contributed by atoms with E-state index in [1.165, 1.54) is 18.2 Å². The van der Waals surface area contributed by atoms with Crippen LogP contribution in [0.15, 0.2) is 18.2 Å². The first-order valence-corrected chi connectivity index (χ1v) is 6.53. The van der Waals surface area contributed by atoms with Crippen molar-refractivity contribution < 1.29 is 9.18 Å². The summed E-state index contributed by atoms with van der Waals surface area (Å²) < 4.78 is 13.8. The van der Waals surface area contributed by atoms with Gasteiger partial charge in [-0.2, -0.15) is 0 Å². The highest BCUT2D eigenvalue weighted by atomic mass is 19.1. The molecule has 104 valence electrons. The highest BCUT2D eigenvalue weighted by Gasteiger charge is 2.23. The van der Waals surface area contributed by atoms with Crippen LogP contribution in [0.5, 0.6) is 0 Å². The average molecular weight is 265 g/mol. The third kappa shape index (κ3) is 3.30. The van der Waals surface area contributed by atoms with Crippen molar-refractivity contribution in [2.45, 2.75) is 25.9 Å². The van der Waals surface area contributed by atoms with Gasteiger partial charge >= 0.3 is 0 Å². The Hall–Kier alpha value is -1.46. The Labute approximate surface area is 112 Å². The molecule has 1 saturated heterocycles. The number of nitrogens with two attached hydrogens (primary N) is 2. The van der Waals surface area contributed by atoms with Gasteiger partial charge in [0, 0.05) is 30.3 Å². The summed E-state index contributed by atoms with van der Waals surface area (Å²) in [6.07, 6.45) is 0.915. The molecule has 5 heteroatoms. The van der Waals surface area contributed by atoms with Crippen LogP contribution >= 0.6 is 0 Å². The van der Waals surface area contributed by atoms with Gasteiger partial charge in [-0.15, -0.1) is 0 Å². The lowest BCUT2D eigenvalue weighted by molar-refractivity contribution is 0.1000. The molecule has 0 aromatic heterocycles. The Kier molecular flexibility index (Phi) is 4.17. The second kappa shape index (κ2) is 5.67. The summed E-state index contributed by atoms with van der Waals surface area (Å²) in [4.78, 5) is 13.3. The van der Waals surface area contributed by atoms with E-state index >= 15 is 0 Å². The fraction of sp³-hybridized carbons (Fsp3) is 0.500. The second-order valence-electron chi connectivity index (χ2n) is 5.34. The first-order chi connectivity index (χ1) is 8.97. The van der Waals surface area contributed by atoms with E-state index in [0.29, 0.717) is 23.6 Å². The number of carbonyl (C=O) groups excluding carboxylic acids is 1. The zero-order valence-corrected chi connectivity index (χ0v) is 11.1. The molecular formula is C14H20FN3O. The van der Waals surface area contributed by atoms with Crippen LogP contribution in [0.4, 0.5) is 4.39 Å². The van der Waals surface area contributed by atoms with Crippen molar-refractivity contribution in [1.82, 2.24) is 4.90 Å². The standard InChI is InChI=1S/C14H20FN3O/c1-9-7-18(5-4-13(9)16)8-11-6-10(14(17)19)2-3-12(11)15/h2-3,6,9,13H,4-5,7-8,16H2,1H3,(H2,17,19). The Morgan fingerprint density at radius 2 is 2.26 bits per heavy atom. The van der Waals surface area contributed by atoms with Crippen molar-refractivity contribution in [1.29, 1.82) is 0 Å². The first kappa shape index (κ1) is 14.0. The zero-order chi connectivity index (χ0) is 14.0. The summed E-state index contributed by atoms with van der Waals surface area (Å²) in [5.74, 6) is -0.432. The minimum Gasteiger partial charge on any atom is -0.366 e. The first-order valence-electron chi connectivity index (χ1n) is 6.53. The van der Waals surface area contributed by atoms with E-state index in [9.17, 15) is 9.18 Å². The van der Waals surface area contributed by atoms with Crippen LogP contribution in [0.3, 0.4) is 0 Å². The van der Waals surface area contributed by atoms with Crippen LogP contribution in [0.2, 0.25) is 0 Å². The van der Waals surface area contributed by atoms with Crippen molar-refractivity contribution in [3.8, 4) is 0 Å². The number of hydrogen-bond donors (Lipinski definition) is 2.